The van der Waals surface area contributed by atoms with Gasteiger partial charge in [0.15, 0.2) is 5.78 Å². The van der Waals surface area contributed by atoms with Crippen LogP contribution in [0.4, 0.5) is 0 Å². The van der Waals surface area contributed by atoms with Crippen LogP contribution in [0.15, 0.2) is 23.1 Å². The molecule has 0 amide bonds. The summed E-state index contributed by atoms with van der Waals surface area (Å²) in [6.45, 7) is 5.73. The molecule has 0 saturated carbocycles. The third-order valence-electron chi connectivity index (χ3n) is 1.69. The highest BCUT2D eigenvalue weighted by Gasteiger charge is 2.12. The molecule has 0 bridgehead atoms. The Balaban J connectivity index is 3.14. The van der Waals surface area contributed by atoms with E-state index in [9.17, 15) is 4.79 Å². The molecule has 1 rings (SSSR count). The molecule has 1 aromatic carbocycles. The summed E-state index contributed by atoms with van der Waals surface area (Å²) < 4.78 is 0. The molecule has 0 aromatic heterocycles. The summed E-state index contributed by atoms with van der Waals surface area (Å²) in [5, 5.41) is 0.995. The lowest BCUT2D eigenvalue weighted by Crippen LogP contribution is -1.98. The molecule has 0 saturated heterocycles. The monoisotopic (exact) mass is 228 g/mol. The first-order chi connectivity index (χ1) is 6.52. The third kappa shape index (κ3) is 2.76. The summed E-state index contributed by atoms with van der Waals surface area (Å²) in [6, 6.07) is 5.56. The van der Waals surface area contributed by atoms with E-state index < -0.39 is 0 Å². The number of benzene rings is 1. The topological polar surface area (TPSA) is 17.1 Å². The van der Waals surface area contributed by atoms with E-state index in [1.807, 2.05) is 12.1 Å². The van der Waals surface area contributed by atoms with Crippen molar-refractivity contribution < 1.29 is 4.79 Å². The highest BCUT2D eigenvalue weighted by molar-refractivity contribution is 8.00. The maximum absolute atomic E-state index is 11.4. The number of Topliss-reactive ketones (excluding diaryl/α,β-unsaturated/α-hetero) is 1. The fourth-order valence-electron chi connectivity index (χ4n) is 1.20. The van der Waals surface area contributed by atoms with Crippen molar-refractivity contribution in [1.29, 1.82) is 0 Å². The summed E-state index contributed by atoms with van der Waals surface area (Å²) in [5.41, 5.74) is 0.646. The molecule has 1 aromatic rings. The molecule has 0 heterocycles. The molecular weight excluding hydrogens is 216 g/mol. The highest BCUT2D eigenvalue weighted by Crippen LogP contribution is 2.31. The van der Waals surface area contributed by atoms with E-state index in [0.29, 0.717) is 15.8 Å². The van der Waals surface area contributed by atoms with Crippen LogP contribution in [0.2, 0.25) is 5.02 Å². The van der Waals surface area contributed by atoms with Crippen LogP contribution in [0.3, 0.4) is 0 Å². The molecule has 76 valence electrons. The van der Waals surface area contributed by atoms with Crippen molar-refractivity contribution >= 4 is 29.1 Å². The van der Waals surface area contributed by atoms with E-state index in [0.717, 1.165) is 4.90 Å². The minimum absolute atomic E-state index is 0.0266. The number of thioether (sulfide) groups is 1. The first-order valence-corrected chi connectivity index (χ1v) is 5.74. The van der Waals surface area contributed by atoms with Gasteiger partial charge in [0, 0.05) is 15.7 Å². The standard InChI is InChI=1S/C11H13ClOS/c1-7(2)14-10-6-4-5-9(12)11(10)8(3)13/h4-7H,1-3H3. The van der Waals surface area contributed by atoms with E-state index in [1.54, 1.807) is 24.8 Å². The quantitative estimate of drug-likeness (QED) is 0.574. The average molecular weight is 229 g/mol. The molecule has 0 aliphatic rings. The molecule has 0 unspecified atom stereocenters. The lowest BCUT2D eigenvalue weighted by Gasteiger charge is -2.10. The van der Waals surface area contributed by atoms with Crippen LogP contribution >= 0.6 is 23.4 Å². The van der Waals surface area contributed by atoms with E-state index in [-0.39, 0.29) is 5.78 Å². The number of carbonyl (C=O) groups excluding carboxylic acids is 1. The molecule has 0 aliphatic heterocycles. The highest BCUT2D eigenvalue weighted by atomic mass is 35.5. The van der Waals surface area contributed by atoms with Gasteiger partial charge in [-0.15, -0.1) is 11.8 Å². The molecular formula is C11H13ClOS. The van der Waals surface area contributed by atoms with Gasteiger partial charge in [-0.1, -0.05) is 31.5 Å². The Bertz CT molecular complexity index is 347. The Morgan fingerprint density at radius 1 is 1.43 bits per heavy atom. The summed E-state index contributed by atoms with van der Waals surface area (Å²) in [7, 11) is 0. The van der Waals surface area contributed by atoms with Gasteiger partial charge in [0.1, 0.15) is 0 Å². The Hall–Kier alpha value is -0.470. The molecule has 0 aliphatic carbocycles. The minimum atomic E-state index is 0.0266. The molecule has 0 radical (unpaired) electrons. The van der Waals surface area contributed by atoms with Crippen molar-refractivity contribution in [3.05, 3.63) is 28.8 Å². The smallest absolute Gasteiger partial charge is 0.162 e. The summed E-state index contributed by atoms with van der Waals surface area (Å²) in [4.78, 5) is 12.3. The van der Waals surface area contributed by atoms with Gasteiger partial charge in [0.05, 0.1) is 5.02 Å². The van der Waals surface area contributed by atoms with Gasteiger partial charge in [0.2, 0.25) is 0 Å². The van der Waals surface area contributed by atoms with Gasteiger partial charge >= 0.3 is 0 Å². The van der Waals surface area contributed by atoms with Gasteiger partial charge in [-0.05, 0) is 19.1 Å². The predicted octanol–water partition coefficient (Wildman–Crippen LogP) is 4.04. The zero-order valence-electron chi connectivity index (χ0n) is 8.50. The zero-order valence-corrected chi connectivity index (χ0v) is 10.1. The SMILES string of the molecule is CC(=O)c1c(Cl)cccc1SC(C)C. The van der Waals surface area contributed by atoms with E-state index in [2.05, 4.69) is 13.8 Å². The van der Waals surface area contributed by atoms with Crippen molar-refractivity contribution in [2.75, 3.05) is 0 Å². The molecule has 3 heteroatoms. The Kier molecular flexibility index (Phi) is 4.02. The first-order valence-electron chi connectivity index (χ1n) is 4.48. The molecule has 1 nitrogen and oxygen atoms in total. The van der Waals surface area contributed by atoms with Crippen molar-refractivity contribution in [1.82, 2.24) is 0 Å². The van der Waals surface area contributed by atoms with Gasteiger partial charge in [-0.3, -0.25) is 4.79 Å². The van der Waals surface area contributed by atoms with E-state index in [4.69, 9.17) is 11.6 Å². The largest absolute Gasteiger partial charge is 0.294 e. The van der Waals surface area contributed by atoms with Crippen molar-refractivity contribution in [2.45, 2.75) is 30.9 Å². The Morgan fingerprint density at radius 3 is 2.57 bits per heavy atom. The molecule has 14 heavy (non-hydrogen) atoms. The normalized spacial score (nSPS) is 10.6. The number of hydrogen-bond donors (Lipinski definition) is 0. The van der Waals surface area contributed by atoms with Crippen LogP contribution in [0, 0.1) is 0 Å². The van der Waals surface area contributed by atoms with Crippen LogP contribution in [-0.4, -0.2) is 11.0 Å². The molecule has 0 spiro atoms. The van der Waals surface area contributed by atoms with Crippen molar-refractivity contribution in [2.24, 2.45) is 0 Å². The average Bonchev–Trinajstić information content (AvgIpc) is 2.01. The number of rotatable bonds is 3. The first kappa shape index (κ1) is 11.6. The Morgan fingerprint density at radius 2 is 2.07 bits per heavy atom. The van der Waals surface area contributed by atoms with Crippen molar-refractivity contribution in [3.63, 3.8) is 0 Å². The van der Waals surface area contributed by atoms with Gasteiger partial charge < -0.3 is 0 Å². The van der Waals surface area contributed by atoms with Crippen molar-refractivity contribution in [3.8, 4) is 0 Å². The second-order valence-electron chi connectivity index (χ2n) is 3.34. The number of ketones is 1. The van der Waals surface area contributed by atoms with Gasteiger partial charge in [-0.2, -0.15) is 0 Å². The number of carbonyl (C=O) groups is 1. The maximum Gasteiger partial charge on any atom is 0.162 e. The zero-order chi connectivity index (χ0) is 10.7. The fourth-order valence-corrected chi connectivity index (χ4v) is 2.60. The van der Waals surface area contributed by atoms with Crippen LogP contribution < -0.4 is 0 Å². The van der Waals surface area contributed by atoms with E-state index >= 15 is 0 Å². The van der Waals surface area contributed by atoms with Gasteiger partial charge in [0.25, 0.3) is 0 Å². The van der Waals surface area contributed by atoms with Crippen LogP contribution in [0.5, 0.6) is 0 Å². The van der Waals surface area contributed by atoms with Gasteiger partial charge in [-0.25, -0.2) is 0 Å². The Labute approximate surface area is 93.8 Å². The number of halogens is 1. The maximum atomic E-state index is 11.4. The summed E-state index contributed by atoms with van der Waals surface area (Å²) in [5.74, 6) is 0.0266. The predicted molar refractivity (Wildman–Crippen MR) is 62.4 cm³/mol. The van der Waals surface area contributed by atoms with Crippen LogP contribution in [0.25, 0.3) is 0 Å². The lowest BCUT2D eigenvalue weighted by molar-refractivity contribution is 0.101. The number of hydrogen-bond acceptors (Lipinski definition) is 2. The van der Waals surface area contributed by atoms with E-state index in [1.165, 1.54) is 0 Å². The van der Waals surface area contributed by atoms with Crippen LogP contribution in [0.1, 0.15) is 31.1 Å². The molecule has 0 fully saturated rings. The van der Waals surface area contributed by atoms with Crippen LogP contribution in [-0.2, 0) is 0 Å². The minimum Gasteiger partial charge on any atom is -0.294 e. The molecule has 0 atom stereocenters. The fraction of sp³-hybridized carbons (Fsp3) is 0.364. The lowest BCUT2D eigenvalue weighted by atomic mass is 10.1. The summed E-state index contributed by atoms with van der Waals surface area (Å²) >= 11 is 7.64. The molecule has 0 N–H and O–H groups in total. The summed E-state index contributed by atoms with van der Waals surface area (Å²) in [6.07, 6.45) is 0. The third-order valence-corrected chi connectivity index (χ3v) is 3.07. The second-order valence-corrected chi connectivity index (χ2v) is 5.36. The second kappa shape index (κ2) is 4.85.